The molecule has 1 aromatic heterocycles. The quantitative estimate of drug-likeness (QED) is 0.679. The fraction of sp³-hybridized carbons (Fsp3) is 0.471. The van der Waals surface area contributed by atoms with Crippen molar-refractivity contribution in [3.05, 3.63) is 24.0 Å². The van der Waals surface area contributed by atoms with E-state index in [4.69, 9.17) is 5.73 Å². The van der Waals surface area contributed by atoms with Crippen LogP contribution < -0.4 is 11.1 Å². The van der Waals surface area contributed by atoms with Crippen molar-refractivity contribution in [1.29, 1.82) is 0 Å². The van der Waals surface area contributed by atoms with Gasteiger partial charge < -0.3 is 15.6 Å². The summed E-state index contributed by atoms with van der Waals surface area (Å²) in [4.78, 5) is 27.2. The summed E-state index contributed by atoms with van der Waals surface area (Å²) >= 11 is 0. The Morgan fingerprint density at radius 2 is 1.96 bits per heavy atom. The number of carbonyl (C=O) groups is 2. The van der Waals surface area contributed by atoms with Crippen LogP contribution in [0.25, 0.3) is 11.0 Å². The van der Waals surface area contributed by atoms with Gasteiger partial charge in [-0.2, -0.15) is 4.31 Å². The molecule has 1 aliphatic rings. The van der Waals surface area contributed by atoms with Crippen LogP contribution in [0, 0.1) is 0 Å². The van der Waals surface area contributed by atoms with E-state index >= 15 is 0 Å². The van der Waals surface area contributed by atoms with Gasteiger partial charge in [-0.15, -0.1) is 0 Å². The SMILES string of the molecule is Cn1c(CCC(=O)NCC(N)=O)nc2cc(S(=O)(=O)N3CCCC3)ccc21. The summed E-state index contributed by atoms with van der Waals surface area (Å²) in [7, 11) is -1.68. The zero-order valence-corrected chi connectivity index (χ0v) is 16.0. The largest absolute Gasteiger partial charge is 0.368 e. The van der Waals surface area contributed by atoms with Gasteiger partial charge in [0.2, 0.25) is 21.8 Å². The highest BCUT2D eigenvalue weighted by Gasteiger charge is 2.27. The number of sulfonamides is 1. The second-order valence-electron chi connectivity index (χ2n) is 6.59. The summed E-state index contributed by atoms with van der Waals surface area (Å²) in [5, 5.41) is 2.43. The predicted molar refractivity (Wildman–Crippen MR) is 99.2 cm³/mol. The van der Waals surface area contributed by atoms with E-state index in [1.54, 1.807) is 18.2 Å². The van der Waals surface area contributed by atoms with Gasteiger partial charge in [-0.1, -0.05) is 0 Å². The smallest absolute Gasteiger partial charge is 0.243 e. The summed E-state index contributed by atoms with van der Waals surface area (Å²) in [6.07, 6.45) is 2.29. The molecular weight excluding hydrogens is 370 g/mol. The van der Waals surface area contributed by atoms with Crippen molar-refractivity contribution in [3.63, 3.8) is 0 Å². The van der Waals surface area contributed by atoms with Gasteiger partial charge in [0, 0.05) is 33.0 Å². The van der Waals surface area contributed by atoms with Crippen LogP contribution in [0.1, 0.15) is 25.1 Å². The zero-order valence-electron chi connectivity index (χ0n) is 15.1. The molecule has 1 fully saturated rings. The number of nitrogens with one attached hydrogen (secondary N) is 1. The highest BCUT2D eigenvalue weighted by atomic mass is 32.2. The van der Waals surface area contributed by atoms with Crippen molar-refractivity contribution >= 4 is 32.9 Å². The third-order valence-corrected chi connectivity index (χ3v) is 6.58. The molecule has 0 aliphatic carbocycles. The number of carbonyl (C=O) groups excluding carboxylic acids is 2. The number of amides is 2. The first-order valence-electron chi connectivity index (χ1n) is 8.79. The van der Waals surface area contributed by atoms with Gasteiger partial charge in [0.25, 0.3) is 0 Å². The first-order chi connectivity index (χ1) is 12.8. The van der Waals surface area contributed by atoms with Crippen LogP contribution >= 0.6 is 0 Å². The van der Waals surface area contributed by atoms with Crippen LogP contribution in [0.5, 0.6) is 0 Å². The number of nitrogens with zero attached hydrogens (tertiary/aromatic N) is 3. The van der Waals surface area contributed by atoms with Crippen molar-refractivity contribution in [1.82, 2.24) is 19.2 Å². The Hall–Kier alpha value is -2.46. The average molecular weight is 393 g/mol. The number of nitrogens with two attached hydrogens (primary N) is 1. The molecule has 9 nitrogen and oxygen atoms in total. The summed E-state index contributed by atoms with van der Waals surface area (Å²) in [5.41, 5.74) is 6.36. The first kappa shape index (κ1) is 19.3. The second-order valence-corrected chi connectivity index (χ2v) is 8.53. The zero-order chi connectivity index (χ0) is 19.6. The summed E-state index contributed by atoms with van der Waals surface area (Å²) < 4.78 is 28.8. The summed E-state index contributed by atoms with van der Waals surface area (Å²) in [5.74, 6) is -0.231. The molecule has 2 heterocycles. The number of aromatic nitrogens is 2. The van der Waals surface area contributed by atoms with E-state index in [0.29, 0.717) is 30.9 Å². The van der Waals surface area contributed by atoms with E-state index in [9.17, 15) is 18.0 Å². The van der Waals surface area contributed by atoms with Crippen LogP contribution in [-0.2, 0) is 33.1 Å². The molecule has 0 unspecified atom stereocenters. The lowest BCUT2D eigenvalue weighted by Gasteiger charge is -2.15. The molecule has 0 bridgehead atoms. The third-order valence-electron chi connectivity index (χ3n) is 4.68. The number of fused-ring (bicyclic) bond motifs is 1. The first-order valence-corrected chi connectivity index (χ1v) is 10.2. The van der Waals surface area contributed by atoms with Crippen LogP contribution in [0.15, 0.2) is 23.1 Å². The number of hydrogen-bond acceptors (Lipinski definition) is 5. The van der Waals surface area contributed by atoms with E-state index in [-0.39, 0.29) is 23.8 Å². The van der Waals surface area contributed by atoms with E-state index in [0.717, 1.165) is 18.4 Å². The highest BCUT2D eigenvalue weighted by molar-refractivity contribution is 7.89. The van der Waals surface area contributed by atoms with Crippen molar-refractivity contribution in [2.75, 3.05) is 19.6 Å². The molecule has 1 aromatic carbocycles. The normalized spacial score (nSPS) is 15.3. The third kappa shape index (κ3) is 4.11. The standard InChI is InChI=1S/C17H23N5O4S/c1-21-14-5-4-12(27(25,26)22-8-2-3-9-22)10-13(14)20-16(21)6-7-17(24)19-11-15(18)23/h4-5,10H,2-3,6-9,11H2,1H3,(H2,18,23)(H,19,24). The molecule has 3 N–H and O–H groups in total. The Kier molecular flexibility index (Phi) is 5.47. The number of hydrogen-bond donors (Lipinski definition) is 2. The average Bonchev–Trinajstić information content (AvgIpc) is 3.27. The van der Waals surface area contributed by atoms with Crippen molar-refractivity contribution < 1.29 is 18.0 Å². The summed E-state index contributed by atoms with van der Waals surface area (Å²) in [6, 6.07) is 4.92. The Morgan fingerprint density at radius 3 is 2.63 bits per heavy atom. The maximum absolute atomic E-state index is 12.7. The number of primary amides is 1. The van der Waals surface area contributed by atoms with E-state index in [2.05, 4.69) is 10.3 Å². The topological polar surface area (TPSA) is 127 Å². The monoisotopic (exact) mass is 393 g/mol. The molecule has 2 amide bonds. The molecule has 3 rings (SSSR count). The molecule has 146 valence electrons. The summed E-state index contributed by atoms with van der Waals surface area (Å²) in [6.45, 7) is 0.904. The van der Waals surface area contributed by atoms with Crippen molar-refractivity contribution in [2.45, 2.75) is 30.6 Å². The van der Waals surface area contributed by atoms with Gasteiger partial charge in [0.1, 0.15) is 5.82 Å². The lowest BCUT2D eigenvalue weighted by Crippen LogP contribution is -2.33. The minimum absolute atomic E-state index is 0.156. The number of imidazole rings is 1. The lowest BCUT2D eigenvalue weighted by molar-refractivity contribution is -0.124. The molecule has 0 atom stereocenters. The maximum Gasteiger partial charge on any atom is 0.243 e. The Bertz CT molecular complexity index is 977. The minimum Gasteiger partial charge on any atom is -0.368 e. The fourth-order valence-electron chi connectivity index (χ4n) is 3.19. The van der Waals surface area contributed by atoms with Crippen LogP contribution in [0.4, 0.5) is 0 Å². The number of rotatable bonds is 7. The van der Waals surface area contributed by atoms with Gasteiger partial charge in [0.05, 0.1) is 22.5 Å². The van der Waals surface area contributed by atoms with Gasteiger partial charge in [-0.25, -0.2) is 13.4 Å². The molecule has 27 heavy (non-hydrogen) atoms. The maximum atomic E-state index is 12.7. The van der Waals surface area contributed by atoms with Crippen molar-refractivity contribution in [2.24, 2.45) is 12.8 Å². The molecule has 1 saturated heterocycles. The Balaban J connectivity index is 1.78. The van der Waals surface area contributed by atoms with E-state index in [1.165, 1.54) is 4.31 Å². The lowest BCUT2D eigenvalue weighted by atomic mass is 10.3. The van der Waals surface area contributed by atoms with Gasteiger partial charge >= 0.3 is 0 Å². The predicted octanol–water partition coefficient (Wildman–Crippen LogP) is -0.108. The Morgan fingerprint density at radius 1 is 1.26 bits per heavy atom. The molecule has 0 radical (unpaired) electrons. The molecule has 0 saturated carbocycles. The number of benzene rings is 1. The second kappa shape index (κ2) is 7.65. The van der Waals surface area contributed by atoms with Crippen molar-refractivity contribution in [3.8, 4) is 0 Å². The molecular formula is C17H23N5O4S. The minimum atomic E-state index is -3.50. The molecule has 1 aliphatic heterocycles. The van der Waals surface area contributed by atoms with Gasteiger partial charge in [-0.3, -0.25) is 9.59 Å². The molecule has 2 aromatic rings. The molecule has 10 heteroatoms. The van der Waals surface area contributed by atoms with Crippen LogP contribution in [0.3, 0.4) is 0 Å². The number of aryl methyl sites for hydroxylation is 2. The van der Waals surface area contributed by atoms with Crippen LogP contribution in [0.2, 0.25) is 0 Å². The van der Waals surface area contributed by atoms with Gasteiger partial charge in [0.15, 0.2) is 0 Å². The van der Waals surface area contributed by atoms with E-state index in [1.807, 2.05) is 11.6 Å². The highest BCUT2D eigenvalue weighted by Crippen LogP contribution is 2.25. The van der Waals surface area contributed by atoms with E-state index < -0.39 is 15.9 Å². The molecule has 0 spiro atoms. The van der Waals surface area contributed by atoms with Gasteiger partial charge in [-0.05, 0) is 31.0 Å². The Labute approximate surface area is 157 Å². The van der Waals surface area contributed by atoms with Crippen LogP contribution in [-0.4, -0.2) is 53.7 Å². The fourth-order valence-corrected chi connectivity index (χ4v) is 4.73.